The first-order valence-electron chi connectivity index (χ1n) is 6.87. The highest BCUT2D eigenvalue weighted by atomic mass is 16.2. The van der Waals surface area contributed by atoms with E-state index in [1.807, 2.05) is 13.8 Å². The Kier molecular flexibility index (Phi) is 9.06. The lowest BCUT2D eigenvalue weighted by Gasteiger charge is -2.21. The number of nitrogens with zero attached hydrogens (tertiary/aromatic N) is 1. The summed E-state index contributed by atoms with van der Waals surface area (Å²) in [6.07, 6.45) is 0.956. The lowest BCUT2D eigenvalue weighted by Crippen LogP contribution is -2.54. The molecule has 0 aliphatic carbocycles. The topological polar surface area (TPSA) is 161 Å². The molecular formula is C12H27N7O2. The van der Waals surface area contributed by atoms with Crippen molar-refractivity contribution >= 4 is 17.8 Å². The van der Waals surface area contributed by atoms with Crippen molar-refractivity contribution in [2.45, 2.75) is 38.8 Å². The number of hydrogen-bond donors (Lipinski definition) is 6. The molecule has 2 amide bonds. The fraction of sp³-hybridized carbons (Fsp3) is 0.750. The number of nitrogens with two attached hydrogens (primary N) is 3. The van der Waals surface area contributed by atoms with Gasteiger partial charge in [-0.2, -0.15) is 0 Å². The summed E-state index contributed by atoms with van der Waals surface area (Å²) >= 11 is 0. The summed E-state index contributed by atoms with van der Waals surface area (Å²) in [5, 5.41) is 2.64. The van der Waals surface area contributed by atoms with E-state index in [-0.39, 0.29) is 23.7 Å². The standard InChI is InChI=1S/C12H27N7O2/c1-7(2)9(13)11(21)18-8(10(20)19-16-3)5-4-6-17-12(14)15/h7-9,16H,4-6,13H2,1-3H3,(H,18,21)(H,19,20)(H4,14,15,17)/t8-,9-/m0/s1. The average molecular weight is 301 g/mol. The second kappa shape index (κ2) is 9.94. The second-order valence-corrected chi connectivity index (χ2v) is 5.02. The molecule has 0 aromatic rings. The Morgan fingerprint density at radius 3 is 2.29 bits per heavy atom. The Hall–Kier alpha value is -1.87. The van der Waals surface area contributed by atoms with E-state index < -0.39 is 12.1 Å². The van der Waals surface area contributed by atoms with Gasteiger partial charge < -0.3 is 22.5 Å². The molecule has 0 rings (SSSR count). The fourth-order valence-electron chi connectivity index (χ4n) is 1.55. The number of rotatable bonds is 9. The van der Waals surface area contributed by atoms with Crippen LogP contribution in [0.15, 0.2) is 4.99 Å². The molecule has 0 unspecified atom stereocenters. The quantitative estimate of drug-likeness (QED) is 0.122. The summed E-state index contributed by atoms with van der Waals surface area (Å²) in [4.78, 5) is 27.7. The smallest absolute Gasteiger partial charge is 0.256 e. The van der Waals surface area contributed by atoms with Crippen LogP contribution >= 0.6 is 0 Å². The highest BCUT2D eigenvalue weighted by Crippen LogP contribution is 2.02. The third-order valence-electron chi connectivity index (χ3n) is 2.85. The summed E-state index contributed by atoms with van der Waals surface area (Å²) in [6, 6.07) is -1.35. The number of aliphatic imine (C=N–C) groups is 1. The lowest BCUT2D eigenvalue weighted by molar-refractivity contribution is -0.130. The van der Waals surface area contributed by atoms with Gasteiger partial charge in [-0.05, 0) is 18.8 Å². The molecule has 21 heavy (non-hydrogen) atoms. The summed E-state index contributed by atoms with van der Waals surface area (Å²) < 4.78 is 0. The van der Waals surface area contributed by atoms with Gasteiger partial charge >= 0.3 is 0 Å². The van der Waals surface area contributed by atoms with Crippen LogP contribution in [0, 0.1) is 5.92 Å². The summed E-state index contributed by atoms with van der Waals surface area (Å²) in [5.41, 5.74) is 21.2. The van der Waals surface area contributed by atoms with Crippen LogP contribution in [0.25, 0.3) is 0 Å². The Morgan fingerprint density at radius 1 is 1.19 bits per heavy atom. The monoisotopic (exact) mass is 301 g/mol. The Labute approximate surface area is 125 Å². The lowest BCUT2D eigenvalue weighted by atomic mass is 10.0. The van der Waals surface area contributed by atoms with E-state index in [1.165, 1.54) is 0 Å². The van der Waals surface area contributed by atoms with E-state index in [1.54, 1.807) is 7.05 Å². The third kappa shape index (κ3) is 8.10. The van der Waals surface area contributed by atoms with Crippen molar-refractivity contribution < 1.29 is 9.59 Å². The highest BCUT2D eigenvalue weighted by Gasteiger charge is 2.24. The molecule has 0 heterocycles. The summed E-state index contributed by atoms with van der Waals surface area (Å²) in [5.74, 6) is -0.716. The predicted molar refractivity (Wildman–Crippen MR) is 81.9 cm³/mol. The highest BCUT2D eigenvalue weighted by molar-refractivity contribution is 5.89. The molecule has 0 aliphatic rings. The molecule has 0 fully saturated rings. The molecule has 9 nitrogen and oxygen atoms in total. The fourth-order valence-corrected chi connectivity index (χ4v) is 1.55. The van der Waals surface area contributed by atoms with Crippen LogP contribution in [0.3, 0.4) is 0 Å². The molecule has 0 aliphatic heterocycles. The first-order valence-corrected chi connectivity index (χ1v) is 6.87. The maximum absolute atomic E-state index is 11.9. The van der Waals surface area contributed by atoms with Gasteiger partial charge in [-0.15, -0.1) is 0 Å². The predicted octanol–water partition coefficient (Wildman–Crippen LogP) is -2.24. The number of hydrazine groups is 1. The van der Waals surface area contributed by atoms with Gasteiger partial charge in [0.05, 0.1) is 6.04 Å². The van der Waals surface area contributed by atoms with Gasteiger partial charge in [-0.1, -0.05) is 13.8 Å². The van der Waals surface area contributed by atoms with E-state index in [4.69, 9.17) is 17.2 Å². The van der Waals surface area contributed by atoms with Crippen molar-refractivity contribution in [2.75, 3.05) is 13.6 Å². The van der Waals surface area contributed by atoms with Gasteiger partial charge in [-0.3, -0.25) is 20.0 Å². The first kappa shape index (κ1) is 19.1. The zero-order valence-corrected chi connectivity index (χ0v) is 12.8. The molecule has 0 bridgehead atoms. The zero-order valence-electron chi connectivity index (χ0n) is 12.8. The van der Waals surface area contributed by atoms with Crippen LogP contribution in [-0.2, 0) is 9.59 Å². The van der Waals surface area contributed by atoms with Crippen LogP contribution in [0.5, 0.6) is 0 Å². The Morgan fingerprint density at radius 2 is 1.81 bits per heavy atom. The molecule has 2 atom stereocenters. The van der Waals surface area contributed by atoms with Gasteiger partial charge in [0, 0.05) is 13.6 Å². The molecule has 0 spiro atoms. The van der Waals surface area contributed by atoms with Crippen molar-refractivity contribution in [2.24, 2.45) is 28.1 Å². The number of carbonyl (C=O) groups is 2. The minimum atomic E-state index is -0.691. The molecule has 0 saturated carbocycles. The molecule has 9 N–H and O–H groups in total. The first-order chi connectivity index (χ1) is 9.79. The second-order valence-electron chi connectivity index (χ2n) is 5.02. The largest absolute Gasteiger partial charge is 0.370 e. The van der Waals surface area contributed by atoms with E-state index >= 15 is 0 Å². The molecule has 0 aromatic heterocycles. The van der Waals surface area contributed by atoms with Gasteiger partial charge in [0.2, 0.25) is 5.91 Å². The van der Waals surface area contributed by atoms with Crippen molar-refractivity contribution in [3.8, 4) is 0 Å². The maximum atomic E-state index is 11.9. The van der Waals surface area contributed by atoms with Crippen LogP contribution < -0.4 is 33.4 Å². The van der Waals surface area contributed by atoms with Gasteiger partial charge in [0.1, 0.15) is 6.04 Å². The van der Waals surface area contributed by atoms with Crippen LogP contribution in [0.1, 0.15) is 26.7 Å². The van der Waals surface area contributed by atoms with Gasteiger partial charge in [0.15, 0.2) is 5.96 Å². The number of guanidine groups is 1. The Bertz CT molecular complexity index is 367. The SMILES string of the molecule is CNNC(=O)[C@H](CCCN=C(N)N)NC(=O)[C@@H](N)C(C)C. The normalized spacial score (nSPS) is 13.4. The van der Waals surface area contributed by atoms with Crippen molar-refractivity contribution in [3.05, 3.63) is 0 Å². The number of hydrogen-bond acceptors (Lipinski definition) is 5. The van der Waals surface area contributed by atoms with Crippen LogP contribution in [0.2, 0.25) is 0 Å². The Balaban J connectivity index is 4.56. The van der Waals surface area contributed by atoms with E-state index in [0.29, 0.717) is 19.4 Å². The van der Waals surface area contributed by atoms with Crippen LogP contribution in [0.4, 0.5) is 0 Å². The van der Waals surface area contributed by atoms with Crippen LogP contribution in [-0.4, -0.2) is 43.5 Å². The minimum absolute atomic E-state index is 0.00269. The summed E-state index contributed by atoms with van der Waals surface area (Å²) in [7, 11) is 1.57. The number of amides is 2. The van der Waals surface area contributed by atoms with Crippen molar-refractivity contribution in [3.63, 3.8) is 0 Å². The molecule has 0 radical (unpaired) electrons. The third-order valence-corrected chi connectivity index (χ3v) is 2.85. The molecule has 0 saturated heterocycles. The number of carbonyl (C=O) groups excluding carboxylic acids is 2. The van der Waals surface area contributed by atoms with E-state index in [9.17, 15) is 9.59 Å². The molecule has 122 valence electrons. The maximum Gasteiger partial charge on any atom is 0.256 e. The molecule has 0 aromatic carbocycles. The van der Waals surface area contributed by atoms with Crippen molar-refractivity contribution in [1.82, 2.24) is 16.2 Å². The molecular weight excluding hydrogens is 274 g/mol. The molecule has 9 heteroatoms. The zero-order chi connectivity index (χ0) is 16.4. The van der Waals surface area contributed by atoms with Crippen molar-refractivity contribution in [1.29, 1.82) is 0 Å². The average Bonchev–Trinajstić information content (AvgIpc) is 2.40. The number of nitrogens with one attached hydrogen (secondary N) is 3. The summed E-state index contributed by atoms with van der Waals surface area (Å²) in [6.45, 7) is 4.06. The van der Waals surface area contributed by atoms with Gasteiger partial charge in [0.25, 0.3) is 5.91 Å². The minimum Gasteiger partial charge on any atom is -0.370 e. The van der Waals surface area contributed by atoms with Gasteiger partial charge in [-0.25, -0.2) is 5.43 Å². The van der Waals surface area contributed by atoms with E-state index in [2.05, 4.69) is 21.2 Å². The van der Waals surface area contributed by atoms with E-state index in [0.717, 1.165) is 0 Å².